The topological polar surface area (TPSA) is 55.1 Å². The van der Waals surface area contributed by atoms with Gasteiger partial charge in [0, 0.05) is 0 Å². The van der Waals surface area contributed by atoms with E-state index in [1.54, 1.807) is 7.05 Å². The van der Waals surface area contributed by atoms with Crippen LogP contribution < -0.4 is 11.1 Å². The molecule has 0 aromatic heterocycles. The summed E-state index contributed by atoms with van der Waals surface area (Å²) in [5.41, 5.74) is 5.86. The van der Waals surface area contributed by atoms with Gasteiger partial charge < -0.3 is 11.1 Å². The van der Waals surface area contributed by atoms with Crippen molar-refractivity contribution in [3.05, 3.63) is 35.9 Å². The third-order valence-electron chi connectivity index (χ3n) is 3.83. The number of hydrogen-bond donors (Lipinski definition) is 2. The van der Waals surface area contributed by atoms with Gasteiger partial charge in [-0.25, -0.2) is 0 Å². The highest BCUT2D eigenvalue weighted by molar-refractivity contribution is 7.99. The Morgan fingerprint density at radius 3 is 2.55 bits per heavy atom. The molecular formula is C16H26N2OS. The predicted molar refractivity (Wildman–Crippen MR) is 87.8 cm³/mol. The fourth-order valence-electron chi connectivity index (χ4n) is 2.15. The van der Waals surface area contributed by atoms with Gasteiger partial charge in [-0.3, -0.25) is 4.79 Å². The summed E-state index contributed by atoms with van der Waals surface area (Å²) in [5, 5.41) is 3.15. The predicted octanol–water partition coefficient (Wildman–Crippen LogP) is 2.76. The largest absolute Gasteiger partial charge is 0.368 e. The van der Waals surface area contributed by atoms with Gasteiger partial charge in [-0.1, -0.05) is 50.6 Å². The lowest BCUT2D eigenvalue weighted by atomic mass is 9.86. The van der Waals surface area contributed by atoms with E-state index in [4.69, 9.17) is 5.73 Å². The van der Waals surface area contributed by atoms with E-state index in [0.717, 1.165) is 17.1 Å². The second-order valence-electron chi connectivity index (χ2n) is 5.22. The molecule has 0 saturated carbocycles. The summed E-state index contributed by atoms with van der Waals surface area (Å²) in [5.74, 6) is 2.46. The molecule has 0 saturated heterocycles. The number of nitrogens with two attached hydrogens (primary N) is 1. The van der Waals surface area contributed by atoms with E-state index < -0.39 is 5.54 Å². The Balaban J connectivity index is 2.73. The van der Waals surface area contributed by atoms with E-state index in [9.17, 15) is 4.79 Å². The molecule has 3 nitrogen and oxygen atoms in total. The lowest BCUT2D eigenvalue weighted by molar-refractivity contribution is -0.124. The number of rotatable bonds is 9. The second kappa shape index (κ2) is 8.32. The first-order chi connectivity index (χ1) is 9.56. The summed E-state index contributed by atoms with van der Waals surface area (Å²) in [4.78, 5) is 12.0. The van der Waals surface area contributed by atoms with E-state index >= 15 is 0 Å². The first kappa shape index (κ1) is 17.1. The lowest BCUT2D eigenvalue weighted by Gasteiger charge is -2.31. The SMILES string of the molecule is CCC(C)CSCCC(NC)(C(N)=O)c1ccccc1. The van der Waals surface area contributed by atoms with Gasteiger partial charge in [-0.15, -0.1) is 0 Å². The van der Waals surface area contributed by atoms with Crippen molar-refractivity contribution >= 4 is 17.7 Å². The highest BCUT2D eigenvalue weighted by atomic mass is 32.2. The number of likely N-dealkylation sites (N-methyl/N-ethyl adjacent to an activating group) is 1. The summed E-state index contributed by atoms with van der Waals surface area (Å²) in [6, 6.07) is 9.75. The molecule has 1 amide bonds. The first-order valence-corrected chi connectivity index (χ1v) is 8.34. The molecule has 0 aliphatic heterocycles. The third-order valence-corrected chi connectivity index (χ3v) is 5.13. The van der Waals surface area contributed by atoms with Gasteiger partial charge in [0.1, 0.15) is 5.54 Å². The van der Waals surface area contributed by atoms with Crippen LogP contribution in [0.2, 0.25) is 0 Å². The Morgan fingerprint density at radius 2 is 2.05 bits per heavy atom. The average molecular weight is 294 g/mol. The molecule has 0 aliphatic carbocycles. The zero-order valence-electron chi connectivity index (χ0n) is 12.7. The van der Waals surface area contributed by atoms with Crippen LogP contribution in [0.25, 0.3) is 0 Å². The molecule has 0 fully saturated rings. The van der Waals surface area contributed by atoms with Gasteiger partial charge in [0.05, 0.1) is 0 Å². The summed E-state index contributed by atoms with van der Waals surface area (Å²) < 4.78 is 0. The number of carbonyl (C=O) groups is 1. The maximum atomic E-state index is 12.0. The first-order valence-electron chi connectivity index (χ1n) is 7.19. The number of hydrogen-bond acceptors (Lipinski definition) is 3. The van der Waals surface area contributed by atoms with Crippen LogP contribution in [-0.4, -0.2) is 24.5 Å². The number of benzene rings is 1. The summed E-state index contributed by atoms with van der Waals surface area (Å²) in [6.45, 7) is 4.46. The van der Waals surface area contributed by atoms with Crippen molar-refractivity contribution in [1.29, 1.82) is 0 Å². The average Bonchev–Trinajstić information content (AvgIpc) is 2.48. The normalized spacial score (nSPS) is 15.6. The summed E-state index contributed by atoms with van der Waals surface area (Å²) in [7, 11) is 1.80. The maximum absolute atomic E-state index is 12.0. The quantitative estimate of drug-likeness (QED) is 0.689. The Kier molecular flexibility index (Phi) is 7.10. The molecule has 0 aliphatic rings. The number of nitrogens with one attached hydrogen (secondary N) is 1. The molecule has 4 heteroatoms. The van der Waals surface area contributed by atoms with Crippen molar-refractivity contribution in [2.45, 2.75) is 32.2 Å². The van der Waals surface area contributed by atoms with Crippen LogP contribution in [0.3, 0.4) is 0 Å². The molecule has 2 atom stereocenters. The monoisotopic (exact) mass is 294 g/mol. The minimum atomic E-state index is -0.760. The van der Waals surface area contributed by atoms with Crippen LogP contribution in [0.5, 0.6) is 0 Å². The Hall–Kier alpha value is -1.00. The van der Waals surface area contributed by atoms with Crippen LogP contribution >= 0.6 is 11.8 Å². The standard InChI is InChI=1S/C16H26N2OS/c1-4-13(2)12-20-11-10-16(18-3,15(17)19)14-8-6-5-7-9-14/h5-9,13,18H,4,10-12H2,1-3H3,(H2,17,19). The van der Waals surface area contributed by atoms with Crippen LogP contribution in [0.1, 0.15) is 32.3 Å². The molecule has 20 heavy (non-hydrogen) atoms. The Labute approximate surface area is 126 Å². The van der Waals surface area contributed by atoms with Crippen LogP contribution in [0, 0.1) is 5.92 Å². The molecule has 0 bridgehead atoms. The van der Waals surface area contributed by atoms with E-state index in [0.29, 0.717) is 12.3 Å². The fourth-order valence-corrected chi connectivity index (χ4v) is 3.41. The van der Waals surface area contributed by atoms with Gasteiger partial charge in [-0.2, -0.15) is 11.8 Å². The summed E-state index contributed by atoms with van der Waals surface area (Å²) in [6.07, 6.45) is 1.91. The number of thioether (sulfide) groups is 1. The van der Waals surface area contributed by atoms with Crippen molar-refractivity contribution in [2.24, 2.45) is 11.7 Å². The Bertz CT molecular complexity index is 410. The number of carbonyl (C=O) groups excluding carboxylic acids is 1. The molecule has 0 spiro atoms. The van der Waals surface area contributed by atoms with Crippen LogP contribution in [-0.2, 0) is 10.3 Å². The third kappa shape index (κ3) is 4.25. The minimum absolute atomic E-state index is 0.310. The maximum Gasteiger partial charge on any atom is 0.242 e. The van der Waals surface area contributed by atoms with Gasteiger partial charge in [0.2, 0.25) is 5.91 Å². The highest BCUT2D eigenvalue weighted by Gasteiger charge is 2.36. The molecule has 3 N–H and O–H groups in total. The molecule has 112 valence electrons. The van der Waals surface area contributed by atoms with Gasteiger partial charge in [0.25, 0.3) is 0 Å². The van der Waals surface area contributed by atoms with E-state index in [1.165, 1.54) is 6.42 Å². The van der Waals surface area contributed by atoms with Gasteiger partial charge >= 0.3 is 0 Å². The molecule has 1 rings (SSSR count). The fraction of sp³-hybridized carbons (Fsp3) is 0.562. The molecule has 1 aromatic rings. The Morgan fingerprint density at radius 1 is 1.40 bits per heavy atom. The van der Waals surface area contributed by atoms with Crippen molar-refractivity contribution in [1.82, 2.24) is 5.32 Å². The van der Waals surface area contributed by atoms with E-state index in [2.05, 4.69) is 19.2 Å². The molecule has 1 aromatic carbocycles. The second-order valence-corrected chi connectivity index (χ2v) is 6.37. The smallest absolute Gasteiger partial charge is 0.242 e. The van der Waals surface area contributed by atoms with E-state index in [-0.39, 0.29) is 5.91 Å². The number of primary amides is 1. The van der Waals surface area contributed by atoms with Crippen LogP contribution in [0.15, 0.2) is 30.3 Å². The molecular weight excluding hydrogens is 268 g/mol. The zero-order valence-corrected chi connectivity index (χ0v) is 13.5. The van der Waals surface area contributed by atoms with Crippen molar-refractivity contribution < 1.29 is 4.79 Å². The van der Waals surface area contributed by atoms with Crippen molar-refractivity contribution in [2.75, 3.05) is 18.6 Å². The number of amides is 1. The van der Waals surface area contributed by atoms with Gasteiger partial charge in [0.15, 0.2) is 0 Å². The van der Waals surface area contributed by atoms with Crippen molar-refractivity contribution in [3.8, 4) is 0 Å². The highest BCUT2D eigenvalue weighted by Crippen LogP contribution is 2.27. The molecule has 0 radical (unpaired) electrons. The van der Waals surface area contributed by atoms with E-state index in [1.807, 2.05) is 42.1 Å². The zero-order chi connectivity index (χ0) is 15.0. The van der Waals surface area contributed by atoms with Crippen molar-refractivity contribution in [3.63, 3.8) is 0 Å². The van der Waals surface area contributed by atoms with Crippen LogP contribution in [0.4, 0.5) is 0 Å². The molecule has 0 heterocycles. The molecule has 2 unspecified atom stereocenters. The van der Waals surface area contributed by atoms with Gasteiger partial charge in [-0.05, 0) is 36.5 Å². The lowest BCUT2D eigenvalue weighted by Crippen LogP contribution is -2.51. The summed E-state index contributed by atoms with van der Waals surface area (Å²) >= 11 is 1.89. The minimum Gasteiger partial charge on any atom is -0.368 e.